The third kappa shape index (κ3) is 0.955. The molecule has 0 atom stereocenters. The molecule has 74 valence electrons. The smallest absolute Gasteiger partial charge is 0.0629 e. The minimum Gasteiger partial charge on any atom is -0.325 e. The number of hydrogen-bond acceptors (Lipinski definition) is 1. The molecule has 0 aliphatic heterocycles. The number of hydrogen-bond donors (Lipinski definition) is 1. The first-order chi connectivity index (χ1) is 6.55. The lowest BCUT2D eigenvalue weighted by atomic mass is 9.38. The van der Waals surface area contributed by atoms with E-state index in [-0.39, 0.29) is 11.0 Å². The monoisotopic (exact) mass is 227 g/mol. The van der Waals surface area contributed by atoms with E-state index in [1.807, 2.05) is 12.1 Å². The Morgan fingerprint density at radius 1 is 1.14 bits per heavy atom. The molecular weight excluding hydrogens is 217 g/mol. The molecule has 0 unspecified atom stereocenters. The van der Waals surface area contributed by atoms with Gasteiger partial charge < -0.3 is 5.73 Å². The summed E-state index contributed by atoms with van der Waals surface area (Å²) < 4.78 is 0. The summed E-state index contributed by atoms with van der Waals surface area (Å²) in [4.78, 5) is 0. The number of nitrogens with two attached hydrogens (primary N) is 1. The van der Waals surface area contributed by atoms with Crippen molar-refractivity contribution in [3.05, 3.63) is 33.8 Å². The van der Waals surface area contributed by atoms with Crippen LogP contribution in [0.15, 0.2) is 18.2 Å². The predicted octanol–water partition coefficient (Wildman–Crippen LogP) is 3.13. The van der Waals surface area contributed by atoms with Crippen LogP contribution in [0.4, 0.5) is 0 Å². The lowest BCUT2D eigenvalue weighted by Gasteiger charge is -2.69. The number of halogens is 2. The maximum Gasteiger partial charge on any atom is 0.0629 e. The van der Waals surface area contributed by atoms with E-state index in [0.717, 1.165) is 24.3 Å². The summed E-state index contributed by atoms with van der Waals surface area (Å²) in [5.41, 5.74) is 7.59. The topological polar surface area (TPSA) is 26.0 Å². The third-order valence-corrected chi connectivity index (χ3v) is 4.41. The first kappa shape index (κ1) is 9.02. The maximum atomic E-state index is 6.19. The summed E-state index contributed by atoms with van der Waals surface area (Å²) in [6.07, 6.45) is 3.21. The molecular formula is C11H11Cl2N. The van der Waals surface area contributed by atoms with Crippen LogP contribution in [0.3, 0.4) is 0 Å². The molecule has 4 rings (SSSR count). The van der Waals surface area contributed by atoms with Gasteiger partial charge in [0, 0.05) is 11.0 Å². The Morgan fingerprint density at radius 3 is 2.36 bits per heavy atom. The van der Waals surface area contributed by atoms with Crippen LogP contribution < -0.4 is 5.73 Å². The predicted molar refractivity (Wildman–Crippen MR) is 58.9 cm³/mol. The molecule has 2 N–H and O–H groups in total. The van der Waals surface area contributed by atoms with Gasteiger partial charge in [0.15, 0.2) is 0 Å². The van der Waals surface area contributed by atoms with Gasteiger partial charge in [-0.15, -0.1) is 0 Å². The van der Waals surface area contributed by atoms with Crippen LogP contribution in [0.25, 0.3) is 0 Å². The van der Waals surface area contributed by atoms with Crippen molar-refractivity contribution in [2.24, 2.45) is 5.73 Å². The molecule has 0 amide bonds. The van der Waals surface area contributed by atoms with E-state index in [4.69, 9.17) is 28.9 Å². The highest BCUT2D eigenvalue weighted by Crippen LogP contribution is 2.67. The average Bonchev–Trinajstić information content (AvgIpc) is 2.03. The van der Waals surface area contributed by atoms with Crippen molar-refractivity contribution < 1.29 is 0 Å². The van der Waals surface area contributed by atoms with Crippen LogP contribution in [0.5, 0.6) is 0 Å². The molecule has 2 bridgehead atoms. The summed E-state index contributed by atoms with van der Waals surface area (Å²) in [7, 11) is 0. The van der Waals surface area contributed by atoms with Gasteiger partial charge in [0.2, 0.25) is 0 Å². The fourth-order valence-electron chi connectivity index (χ4n) is 3.07. The molecule has 1 nitrogen and oxygen atoms in total. The molecule has 1 aromatic rings. The Labute approximate surface area is 93.2 Å². The second-order valence-corrected chi connectivity index (χ2v) is 5.56. The number of benzene rings is 1. The minimum absolute atomic E-state index is 0.117. The fraction of sp³-hybridized carbons (Fsp3) is 0.455. The Hall–Kier alpha value is -0.240. The molecule has 0 spiro atoms. The Morgan fingerprint density at radius 2 is 1.79 bits per heavy atom. The van der Waals surface area contributed by atoms with Gasteiger partial charge in [-0.3, -0.25) is 0 Å². The van der Waals surface area contributed by atoms with Crippen molar-refractivity contribution in [3.63, 3.8) is 0 Å². The van der Waals surface area contributed by atoms with E-state index in [1.165, 1.54) is 5.56 Å². The molecule has 0 saturated heterocycles. The molecule has 0 heterocycles. The minimum atomic E-state index is 0.117. The van der Waals surface area contributed by atoms with Crippen LogP contribution in [0, 0.1) is 0 Å². The van der Waals surface area contributed by atoms with Gasteiger partial charge in [-0.2, -0.15) is 0 Å². The highest BCUT2D eigenvalue weighted by molar-refractivity contribution is 6.42. The summed E-state index contributed by atoms with van der Waals surface area (Å²) in [6.45, 7) is 0. The van der Waals surface area contributed by atoms with E-state index < -0.39 is 0 Å². The normalized spacial score (nSPS) is 38.8. The van der Waals surface area contributed by atoms with Crippen LogP contribution in [0.2, 0.25) is 10.0 Å². The van der Waals surface area contributed by atoms with Crippen molar-refractivity contribution in [2.45, 2.75) is 30.2 Å². The Balaban J connectivity index is 2.02. The van der Waals surface area contributed by atoms with Crippen molar-refractivity contribution >= 4 is 23.2 Å². The van der Waals surface area contributed by atoms with Gasteiger partial charge >= 0.3 is 0 Å². The Kier molecular flexibility index (Phi) is 1.59. The molecule has 0 aromatic heterocycles. The van der Waals surface area contributed by atoms with Crippen molar-refractivity contribution in [1.29, 1.82) is 0 Å². The van der Waals surface area contributed by atoms with Gasteiger partial charge in [0.25, 0.3) is 0 Å². The van der Waals surface area contributed by atoms with E-state index in [1.54, 1.807) is 0 Å². The largest absolute Gasteiger partial charge is 0.325 e. The average molecular weight is 228 g/mol. The summed E-state index contributed by atoms with van der Waals surface area (Å²) in [6, 6.07) is 5.87. The maximum absolute atomic E-state index is 6.19. The van der Waals surface area contributed by atoms with Gasteiger partial charge in [-0.25, -0.2) is 0 Å². The van der Waals surface area contributed by atoms with E-state index in [2.05, 4.69) is 6.07 Å². The molecule has 0 radical (unpaired) electrons. The molecule has 1 aromatic carbocycles. The van der Waals surface area contributed by atoms with Crippen molar-refractivity contribution in [1.82, 2.24) is 0 Å². The van der Waals surface area contributed by atoms with Gasteiger partial charge in [0.1, 0.15) is 0 Å². The summed E-state index contributed by atoms with van der Waals surface area (Å²) in [5.74, 6) is 0. The van der Waals surface area contributed by atoms with Crippen molar-refractivity contribution in [3.8, 4) is 0 Å². The molecule has 3 heteroatoms. The Bertz CT molecular complexity index is 394. The molecule has 3 saturated carbocycles. The van der Waals surface area contributed by atoms with Crippen LogP contribution in [-0.2, 0) is 5.41 Å². The first-order valence-corrected chi connectivity index (χ1v) is 5.54. The quantitative estimate of drug-likeness (QED) is 0.785. The second kappa shape index (κ2) is 2.46. The molecule has 3 aliphatic carbocycles. The first-order valence-electron chi connectivity index (χ1n) is 4.78. The highest BCUT2D eigenvalue weighted by Gasteiger charge is 2.66. The van der Waals surface area contributed by atoms with Gasteiger partial charge in [-0.1, -0.05) is 35.3 Å². The van der Waals surface area contributed by atoms with Crippen molar-refractivity contribution in [2.75, 3.05) is 0 Å². The van der Waals surface area contributed by atoms with Crippen LogP contribution in [0.1, 0.15) is 24.8 Å². The van der Waals surface area contributed by atoms with E-state index in [0.29, 0.717) is 5.02 Å². The third-order valence-electron chi connectivity index (χ3n) is 3.59. The standard InChI is InChI=1S/C11H11Cl2N/c12-8-3-1-2-7(9(8)13)10-4-11(14,5-10)6-10/h1-3H,4-6,14H2. The molecule has 14 heavy (non-hydrogen) atoms. The zero-order chi connectivity index (χ0) is 9.97. The zero-order valence-electron chi connectivity index (χ0n) is 7.69. The highest BCUT2D eigenvalue weighted by atomic mass is 35.5. The second-order valence-electron chi connectivity index (χ2n) is 4.77. The van der Waals surface area contributed by atoms with Gasteiger partial charge in [0.05, 0.1) is 10.0 Å². The summed E-state index contributed by atoms with van der Waals surface area (Å²) in [5, 5.41) is 1.37. The summed E-state index contributed by atoms with van der Waals surface area (Å²) >= 11 is 12.2. The van der Waals surface area contributed by atoms with E-state index in [9.17, 15) is 0 Å². The molecule has 3 aliphatic rings. The fourth-order valence-corrected chi connectivity index (χ4v) is 3.57. The SMILES string of the molecule is NC12CC(c3cccc(Cl)c3Cl)(C1)C2. The molecule has 3 fully saturated rings. The van der Waals surface area contributed by atoms with Crippen LogP contribution in [-0.4, -0.2) is 5.54 Å². The number of rotatable bonds is 1. The lowest BCUT2D eigenvalue weighted by Crippen LogP contribution is -2.74. The lowest BCUT2D eigenvalue weighted by molar-refractivity contribution is -0.0589. The zero-order valence-corrected chi connectivity index (χ0v) is 9.20. The van der Waals surface area contributed by atoms with Gasteiger partial charge in [-0.05, 0) is 30.9 Å². The van der Waals surface area contributed by atoms with E-state index >= 15 is 0 Å². The van der Waals surface area contributed by atoms with Crippen LogP contribution >= 0.6 is 23.2 Å².